The van der Waals surface area contributed by atoms with E-state index in [0.29, 0.717) is 5.95 Å². The van der Waals surface area contributed by atoms with Crippen LogP contribution in [0.4, 0.5) is 11.8 Å². The quantitative estimate of drug-likeness (QED) is 0.857. The van der Waals surface area contributed by atoms with Gasteiger partial charge in [-0.15, -0.1) is 0 Å². The van der Waals surface area contributed by atoms with Crippen molar-refractivity contribution in [3.05, 3.63) is 47.2 Å². The van der Waals surface area contributed by atoms with Crippen molar-refractivity contribution in [1.29, 1.82) is 0 Å². The molecule has 122 valence electrons. The Morgan fingerprint density at radius 1 is 1.13 bits per heavy atom. The molecule has 0 aliphatic carbocycles. The highest BCUT2D eigenvalue weighted by Gasteiger charge is 2.15. The van der Waals surface area contributed by atoms with Gasteiger partial charge >= 0.3 is 0 Å². The monoisotopic (exact) mass is 312 g/mol. The molecule has 1 aromatic carbocycles. The van der Waals surface area contributed by atoms with Crippen molar-refractivity contribution in [2.45, 2.75) is 39.3 Å². The number of benzene rings is 1. The van der Waals surface area contributed by atoms with Gasteiger partial charge in [0.25, 0.3) is 0 Å². The SMILES string of the molecule is Cc1ccc(CNc2cc(C)nc(NCC3CCCO3)n2)cc1. The summed E-state index contributed by atoms with van der Waals surface area (Å²) in [7, 11) is 0. The van der Waals surface area contributed by atoms with E-state index < -0.39 is 0 Å². The first-order chi connectivity index (χ1) is 11.2. The fraction of sp³-hybridized carbons (Fsp3) is 0.444. The molecule has 1 aromatic heterocycles. The van der Waals surface area contributed by atoms with Gasteiger partial charge in [0.15, 0.2) is 0 Å². The van der Waals surface area contributed by atoms with Crippen LogP contribution in [0.1, 0.15) is 29.7 Å². The van der Waals surface area contributed by atoms with Crippen molar-refractivity contribution in [3.63, 3.8) is 0 Å². The van der Waals surface area contributed by atoms with E-state index in [2.05, 4.69) is 51.8 Å². The fourth-order valence-corrected chi connectivity index (χ4v) is 2.65. The summed E-state index contributed by atoms with van der Waals surface area (Å²) in [4.78, 5) is 8.98. The zero-order valence-corrected chi connectivity index (χ0v) is 13.8. The second-order valence-corrected chi connectivity index (χ2v) is 6.07. The summed E-state index contributed by atoms with van der Waals surface area (Å²) >= 11 is 0. The molecular weight excluding hydrogens is 288 g/mol. The molecule has 2 N–H and O–H groups in total. The van der Waals surface area contributed by atoms with Gasteiger partial charge in [0.05, 0.1) is 6.10 Å². The molecule has 1 saturated heterocycles. The van der Waals surface area contributed by atoms with Gasteiger partial charge in [-0.1, -0.05) is 29.8 Å². The Kier molecular flexibility index (Phi) is 5.08. The lowest BCUT2D eigenvalue weighted by molar-refractivity contribution is 0.120. The topological polar surface area (TPSA) is 59.1 Å². The lowest BCUT2D eigenvalue weighted by Crippen LogP contribution is -2.20. The lowest BCUT2D eigenvalue weighted by atomic mass is 10.1. The van der Waals surface area contributed by atoms with Crippen LogP contribution in [0.5, 0.6) is 0 Å². The molecule has 0 spiro atoms. The van der Waals surface area contributed by atoms with Crippen molar-refractivity contribution in [3.8, 4) is 0 Å². The molecule has 0 radical (unpaired) electrons. The molecule has 2 heterocycles. The van der Waals surface area contributed by atoms with Gasteiger partial charge in [0, 0.05) is 31.5 Å². The van der Waals surface area contributed by atoms with E-state index >= 15 is 0 Å². The first-order valence-electron chi connectivity index (χ1n) is 8.19. The Morgan fingerprint density at radius 2 is 1.96 bits per heavy atom. The summed E-state index contributed by atoms with van der Waals surface area (Å²) < 4.78 is 5.62. The van der Waals surface area contributed by atoms with Crippen LogP contribution in [0.2, 0.25) is 0 Å². The molecule has 23 heavy (non-hydrogen) atoms. The zero-order valence-electron chi connectivity index (χ0n) is 13.8. The summed E-state index contributed by atoms with van der Waals surface area (Å²) in [5.41, 5.74) is 3.45. The number of ether oxygens (including phenoxy) is 1. The van der Waals surface area contributed by atoms with Gasteiger partial charge in [0.2, 0.25) is 5.95 Å². The average molecular weight is 312 g/mol. The minimum Gasteiger partial charge on any atom is -0.376 e. The molecule has 5 heteroatoms. The Hall–Kier alpha value is -2.14. The maximum Gasteiger partial charge on any atom is 0.224 e. The molecule has 1 fully saturated rings. The maximum absolute atomic E-state index is 5.62. The number of nitrogens with one attached hydrogen (secondary N) is 2. The molecule has 3 rings (SSSR count). The van der Waals surface area contributed by atoms with Crippen LogP contribution in [0, 0.1) is 13.8 Å². The van der Waals surface area contributed by atoms with Crippen LogP contribution in [-0.2, 0) is 11.3 Å². The molecule has 0 amide bonds. The van der Waals surface area contributed by atoms with Crippen molar-refractivity contribution in [1.82, 2.24) is 9.97 Å². The normalized spacial score (nSPS) is 17.2. The van der Waals surface area contributed by atoms with Crippen LogP contribution in [0.3, 0.4) is 0 Å². The minimum absolute atomic E-state index is 0.281. The van der Waals surface area contributed by atoms with Crippen molar-refractivity contribution in [2.75, 3.05) is 23.8 Å². The third-order valence-electron chi connectivity index (χ3n) is 3.96. The number of rotatable bonds is 6. The average Bonchev–Trinajstić information content (AvgIpc) is 3.05. The molecular formula is C18H24N4O. The van der Waals surface area contributed by atoms with Crippen LogP contribution in [-0.4, -0.2) is 29.2 Å². The zero-order chi connectivity index (χ0) is 16.1. The standard InChI is InChI=1S/C18H24N4O/c1-13-5-7-15(8-6-13)11-19-17-10-14(2)21-18(22-17)20-12-16-4-3-9-23-16/h5-8,10,16H,3-4,9,11-12H2,1-2H3,(H2,19,20,21,22). The van der Waals surface area contributed by atoms with E-state index in [1.165, 1.54) is 11.1 Å². The molecule has 5 nitrogen and oxygen atoms in total. The van der Waals surface area contributed by atoms with E-state index in [0.717, 1.165) is 44.0 Å². The fourth-order valence-electron chi connectivity index (χ4n) is 2.65. The predicted molar refractivity (Wildman–Crippen MR) is 92.7 cm³/mol. The van der Waals surface area contributed by atoms with E-state index in [1.807, 2.05) is 13.0 Å². The smallest absolute Gasteiger partial charge is 0.224 e. The number of aromatic nitrogens is 2. The summed E-state index contributed by atoms with van der Waals surface area (Å²) in [5.74, 6) is 1.50. The minimum atomic E-state index is 0.281. The summed E-state index contributed by atoms with van der Waals surface area (Å²) in [5, 5.41) is 6.65. The van der Waals surface area contributed by atoms with Crippen LogP contribution in [0.25, 0.3) is 0 Å². The van der Waals surface area contributed by atoms with E-state index in [1.54, 1.807) is 0 Å². The van der Waals surface area contributed by atoms with Gasteiger partial charge in [-0.3, -0.25) is 0 Å². The third-order valence-corrected chi connectivity index (χ3v) is 3.96. The van der Waals surface area contributed by atoms with Gasteiger partial charge in [-0.25, -0.2) is 4.98 Å². The van der Waals surface area contributed by atoms with Crippen molar-refractivity contribution in [2.24, 2.45) is 0 Å². The van der Waals surface area contributed by atoms with Crippen LogP contribution < -0.4 is 10.6 Å². The molecule has 2 aromatic rings. The Bertz CT molecular complexity index is 636. The van der Waals surface area contributed by atoms with E-state index in [-0.39, 0.29) is 6.10 Å². The Labute approximate surface area is 137 Å². The van der Waals surface area contributed by atoms with Crippen molar-refractivity contribution >= 4 is 11.8 Å². The predicted octanol–water partition coefficient (Wildman–Crippen LogP) is 3.30. The maximum atomic E-state index is 5.62. The van der Waals surface area contributed by atoms with Crippen LogP contribution in [0.15, 0.2) is 30.3 Å². The van der Waals surface area contributed by atoms with Crippen molar-refractivity contribution < 1.29 is 4.74 Å². The first kappa shape index (κ1) is 15.7. The van der Waals surface area contributed by atoms with Gasteiger partial charge < -0.3 is 15.4 Å². The molecule has 0 bridgehead atoms. The highest BCUT2D eigenvalue weighted by Crippen LogP contribution is 2.15. The number of anilines is 2. The molecule has 1 aliphatic rings. The van der Waals surface area contributed by atoms with E-state index in [4.69, 9.17) is 4.74 Å². The third kappa shape index (κ3) is 4.66. The molecule has 1 aliphatic heterocycles. The number of nitrogens with zero attached hydrogens (tertiary/aromatic N) is 2. The van der Waals surface area contributed by atoms with E-state index in [9.17, 15) is 0 Å². The highest BCUT2D eigenvalue weighted by atomic mass is 16.5. The number of aryl methyl sites for hydroxylation is 2. The first-order valence-corrected chi connectivity index (χ1v) is 8.19. The Balaban J connectivity index is 1.59. The second-order valence-electron chi connectivity index (χ2n) is 6.07. The molecule has 0 saturated carbocycles. The van der Waals surface area contributed by atoms with Gasteiger partial charge in [-0.2, -0.15) is 4.98 Å². The summed E-state index contributed by atoms with van der Waals surface area (Å²) in [6.07, 6.45) is 2.53. The number of hydrogen-bond acceptors (Lipinski definition) is 5. The molecule has 1 unspecified atom stereocenters. The second kappa shape index (κ2) is 7.42. The summed E-state index contributed by atoms with van der Waals surface area (Å²) in [6, 6.07) is 10.5. The largest absolute Gasteiger partial charge is 0.376 e. The van der Waals surface area contributed by atoms with Gasteiger partial charge in [-0.05, 0) is 32.3 Å². The summed E-state index contributed by atoms with van der Waals surface area (Å²) in [6.45, 7) is 6.46. The highest BCUT2D eigenvalue weighted by molar-refractivity contribution is 5.43. The number of hydrogen-bond donors (Lipinski definition) is 2. The molecule has 1 atom stereocenters. The van der Waals surface area contributed by atoms with Crippen LogP contribution >= 0.6 is 0 Å². The Morgan fingerprint density at radius 3 is 2.70 bits per heavy atom. The lowest BCUT2D eigenvalue weighted by Gasteiger charge is -2.13. The van der Waals surface area contributed by atoms with Gasteiger partial charge in [0.1, 0.15) is 5.82 Å².